The Bertz CT molecular complexity index is 765. The summed E-state index contributed by atoms with van der Waals surface area (Å²) in [5.41, 5.74) is 3.20. The molecule has 0 atom stereocenters. The minimum atomic E-state index is -3.47. The second-order valence-corrected chi connectivity index (χ2v) is 7.41. The fourth-order valence-corrected chi connectivity index (χ4v) is 3.88. The number of aryl methyl sites for hydroxylation is 3. The van der Waals surface area contributed by atoms with Crippen LogP contribution in [0, 0.1) is 6.92 Å². The lowest BCUT2D eigenvalue weighted by atomic mass is 9.92. The van der Waals surface area contributed by atoms with Crippen molar-refractivity contribution in [3.8, 4) is 0 Å². The molecule has 1 aliphatic rings. The summed E-state index contributed by atoms with van der Waals surface area (Å²) in [6.07, 6.45) is 6.42. The zero-order valence-corrected chi connectivity index (χ0v) is 13.4. The summed E-state index contributed by atoms with van der Waals surface area (Å²) in [6.45, 7) is 2.08. The first kappa shape index (κ1) is 15.2. The number of fused-ring (bicyclic) bond motifs is 1. The molecule has 1 heterocycles. The highest BCUT2D eigenvalue weighted by atomic mass is 32.2. The summed E-state index contributed by atoms with van der Waals surface area (Å²) >= 11 is 0. The average molecular weight is 320 g/mol. The lowest BCUT2D eigenvalue weighted by molar-refractivity contribution is 0.520. The van der Waals surface area contributed by atoms with Crippen molar-refractivity contribution in [2.24, 2.45) is 0 Å². The summed E-state index contributed by atoms with van der Waals surface area (Å²) in [5, 5.41) is 0. The van der Waals surface area contributed by atoms with Crippen LogP contribution >= 0.6 is 0 Å². The summed E-state index contributed by atoms with van der Waals surface area (Å²) in [7, 11) is -3.47. The van der Waals surface area contributed by atoms with Crippen molar-refractivity contribution in [2.45, 2.75) is 43.9 Å². The second kappa shape index (κ2) is 6.22. The standard InChI is InChI=1S/C16H20N2O3S/c1-12-18-15(11-21-12)8-9-17-22(19,20)16-7-6-13-4-2-3-5-14(13)10-16/h6-7,10-11,17H,2-5,8-9H2,1H3. The van der Waals surface area contributed by atoms with E-state index in [4.69, 9.17) is 4.42 Å². The second-order valence-electron chi connectivity index (χ2n) is 5.64. The number of aromatic nitrogens is 1. The maximum absolute atomic E-state index is 12.4. The van der Waals surface area contributed by atoms with Crippen molar-refractivity contribution in [2.75, 3.05) is 6.54 Å². The fraction of sp³-hybridized carbons (Fsp3) is 0.438. The number of benzene rings is 1. The first-order valence-corrected chi connectivity index (χ1v) is 9.05. The molecular weight excluding hydrogens is 300 g/mol. The Labute approximate surface area is 130 Å². The van der Waals surface area contributed by atoms with Crippen molar-refractivity contribution >= 4 is 10.0 Å². The molecule has 3 rings (SSSR count). The van der Waals surface area contributed by atoms with Crippen molar-refractivity contribution in [1.29, 1.82) is 0 Å². The van der Waals surface area contributed by atoms with Gasteiger partial charge in [-0.25, -0.2) is 18.1 Å². The third kappa shape index (κ3) is 3.39. The van der Waals surface area contributed by atoms with Crippen molar-refractivity contribution in [3.63, 3.8) is 0 Å². The molecule has 5 nitrogen and oxygen atoms in total. The van der Waals surface area contributed by atoms with Gasteiger partial charge in [0.2, 0.25) is 10.0 Å². The Morgan fingerprint density at radius 2 is 2.00 bits per heavy atom. The minimum absolute atomic E-state index is 0.311. The molecule has 6 heteroatoms. The molecular formula is C16H20N2O3S. The topological polar surface area (TPSA) is 72.2 Å². The summed E-state index contributed by atoms with van der Waals surface area (Å²) in [5.74, 6) is 0.590. The lowest BCUT2D eigenvalue weighted by Gasteiger charge is -2.16. The molecule has 0 saturated heterocycles. The van der Waals surface area contributed by atoms with Gasteiger partial charge in [0.15, 0.2) is 5.89 Å². The van der Waals surface area contributed by atoms with Crippen LogP contribution in [0.4, 0.5) is 0 Å². The summed E-state index contributed by atoms with van der Waals surface area (Å²) < 4.78 is 32.5. The number of nitrogens with zero attached hydrogens (tertiary/aromatic N) is 1. The Morgan fingerprint density at radius 3 is 2.73 bits per heavy atom. The smallest absolute Gasteiger partial charge is 0.240 e. The maximum atomic E-state index is 12.4. The van der Waals surface area contributed by atoms with Crippen LogP contribution in [0.5, 0.6) is 0 Å². The van der Waals surface area contributed by atoms with Crippen LogP contribution in [0.25, 0.3) is 0 Å². The lowest BCUT2D eigenvalue weighted by Crippen LogP contribution is -2.26. The van der Waals surface area contributed by atoms with Gasteiger partial charge in [0.25, 0.3) is 0 Å². The molecule has 0 spiro atoms. The predicted molar refractivity (Wildman–Crippen MR) is 83.2 cm³/mol. The molecule has 0 bridgehead atoms. The average Bonchev–Trinajstić information content (AvgIpc) is 2.92. The van der Waals surface area contributed by atoms with E-state index in [0.717, 1.165) is 25.0 Å². The monoisotopic (exact) mass is 320 g/mol. The molecule has 0 fully saturated rings. The summed E-state index contributed by atoms with van der Waals surface area (Å²) in [4.78, 5) is 4.51. The van der Waals surface area contributed by atoms with E-state index >= 15 is 0 Å². The predicted octanol–water partition coefficient (Wildman–Crippen LogP) is 2.38. The Morgan fingerprint density at radius 1 is 1.23 bits per heavy atom. The van der Waals surface area contributed by atoms with Crippen molar-refractivity contribution < 1.29 is 12.8 Å². The molecule has 2 aromatic rings. The normalized spacial score (nSPS) is 14.8. The maximum Gasteiger partial charge on any atom is 0.240 e. The van der Waals surface area contributed by atoms with Gasteiger partial charge < -0.3 is 4.42 Å². The molecule has 0 radical (unpaired) electrons. The third-order valence-corrected chi connectivity index (χ3v) is 5.43. The molecule has 1 aliphatic carbocycles. The minimum Gasteiger partial charge on any atom is -0.449 e. The number of hydrogen-bond donors (Lipinski definition) is 1. The fourth-order valence-electron chi connectivity index (χ4n) is 2.80. The molecule has 0 unspecified atom stereocenters. The molecule has 118 valence electrons. The first-order chi connectivity index (χ1) is 10.5. The van der Waals surface area contributed by atoms with Gasteiger partial charge in [0, 0.05) is 19.9 Å². The van der Waals surface area contributed by atoms with E-state index in [9.17, 15) is 8.42 Å². The molecule has 1 aromatic heterocycles. The van der Waals surface area contributed by atoms with Gasteiger partial charge in [-0.2, -0.15) is 0 Å². The van der Waals surface area contributed by atoms with Gasteiger partial charge in [-0.3, -0.25) is 0 Å². The van der Waals surface area contributed by atoms with Crippen LogP contribution in [0.15, 0.2) is 33.8 Å². The SMILES string of the molecule is Cc1nc(CCNS(=O)(=O)c2ccc3c(c2)CCCC3)co1. The van der Waals surface area contributed by atoms with Crippen LogP contribution < -0.4 is 4.72 Å². The van der Waals surface area contributed by atoms with E-state index in [1.807, 2.05) is 12.1 Å². The zero-order chi connectivity index (χ0) is 15.6. The van der Waals surface area contributed by atoms with Gasteiger partial charge in [-0.15, -0.1) is 0 Å². The molecule has 0 saturated carbocycles. The van der Waals surface area contributed by atoms with Crippen LogP contribution in [0.3, 0.4) is 0 Å². The Hall–Kier alpha value is -1.66. The van der Waals surface area contributed by atoms with Crippen molar-refractivity contribution in [1.82, 2.24) is 9.71 Å². The van der Waals surface area contributed by atoms with E-state index in [1.54, 1.807) is 19.3 Å². The molecule has 0 aliphatic heterocycles. The molecule has 0 amide bonds. The van der Waals surface area contributed by atoms with Crippen LogP contribution in [-0.2, 0) is 29.3 Å². The van der Waals surface area contributed by atoms with Gasteiger partial charge in [0.05, 0.1) is 10.6 Å². The van der Waals surface area contributed by atoms with E-state index < -0.39 is 10.0 Å². The van der Waals surface area contributed by atoms with Gasteiger partial charge in [-0.1, -0.05) is 6.07 Å². The Kier molecular flexibility index (Phi) is 4.31. The zero-order valence-electron chi connectivity index (χ0n) is 12.6. The van der Waals surface area contributed by atoms with Crippen LogP contribution in [0.1, 0.15) is 35.6 Å². The molecule has 22 heavy (non-hydrogen) atoms. The highest BCUT2D eigenvalue weighted by Gasteiger charge is 2.17. The van der Waals surface area contributed by atoms with E-state index in [2.05, 4.69) is 9.71 Å². The molecule has 1 N–H and O–H groups in total. The van der Waals surface area contributed by atoms with Gasteiger partial charge in [0.1, 0.15) is 6.26 Å². The van der Waals surface area contributed by atoms with Gasteiger partial charge >= 0.3 is 0 Å². The first-order valence-electron chi connectivity index (χ1n) is 7.57. The number of oxazole rings is 1. The van der Waals surface area contributed by atoms with E-state index in [0.29, 0.717) is 23.8 Å². The highest BCUT2D eigenvalue weighted by Crippen LogP contribution is 2.24. The molecule has 1 aromatic carbocycles. The Balaban J connectivity index is 1.67. The quantitative estimate of drug-likeness (QED) is 0.918. The van der Waals surface area contributed by atoms with Crippen molar-refractivity contribution in [3.05, 3.63) is 47.2 Å². The highest BCUT2D eigenvalue weighted by molar-refractivity contribution is 7.89. The largest absolute Gasteiger partial charge is 0.449 e. The number of sulfonamides is 1. The third-order valence-electron chi connectivity index (χ3n) is 3.97. The van der Waals surface area contributed by atoms with E-state index in [1.165, 1.54) is 17.5 Å². The summed E-state index contributed by atoms with van der Waals surface area (Å²) in [6, 6.07) is 5.47. The van der Waals surface area contributed by atoms with Gasteiger partial charge in [-0.05, 0) is 48.9 Å². The number of rotatable bonds is 5. The number of nitrogens with one attached hydrogen (secondary N) is 1. The van der Waals surface area contributed by atoms with Crippen LogP contribution in [0.2, 0.25) is 0 Å². The van der Waals surface area contributed by atoms with E-state index in [-0.39, 0.29) is 0 Å². The van der Waals surface area contributed by atoms with Crippen LogP contribution in [-0.4, -0.2) is 19.9 Å². The number of hydrogen-bond acceptors (Lipinski definition) is 4.